The Kier molecular flexibility index (Phi) is 3.73. The molecule has 3 aliphatic rings. The van der Waals surface area contributed by atoms with E-state index in [0.717, 1.165) is 36.6 Å². The molecular weight excluding hydrogens is 369 g/mol. The number of alkyl halides is 3. The highest BCUT2D eigenvalue weighted by Crippen LogP contribution is 2.64. The molecule has 4 nitrogen and oxygen atoms in total. The van der Waals surface area contributed by atoms with Gasteiger partial charge in [-0.15, -0.1) is 0 Å². The Labute approximate surface area is 159 Å². The highest BCUT2D eigenvalue weighted by molar-refractivity contribution is 5.62. The third-order valence-corrected chi connectivity index (χ3v) is 6.85. The number of non-ortho nitro benzene ring substituents is 1. The zero-order valence-electron chi connectivity index (χ0n) is 14.9. The molecule has 5 atom stereocenters. The van der Waals surface area contributed by atoms with Gasteiger partial charge in [0.1, 0.15) is 0 Å². The third-order valence-electron chi connectivity index (χ3n) is 6.85. The largest absolute Gasteiger partial charge is 0.416 e. The molecule has 2 bridgehead atoms. The Balaban J connectivity index is 1.61. The molecule has 0 amide bonds. The van der Waals surface area contributed by atoms with Crippen molar-refractivity contribution >= 4 is 11.4 Å². The second kappa shape index (κ2) is 5.96. The van der Waals surface area contributed by atoms with Gasteiger partial charge in [-0.25, -0.2) is 0 Å². The van der Waals surface area contributed by atoms with Crippen LogP contribution in [0.2, 0.25) is 0 Å². The summed E-state index contributed by atoms with van der Waals surface area (Å²) < 4.78 is 39.7. The average Bonchev–Trinajstić information content (AvgIpc) is 3.29. The fourth-order valence-electron chi connectivity index (χ4n) is 5.83. The third kappa shape index (κ3) is 2.59. The van der Waals surface area contributed by atoms with E-state index in [0.29, 0.717) is 17.4 Å². The molecule has 2 aromatic carbocycles. The maximum Gasteiger partial charge on any atom is 0.416 e. The summed E-state index contributed by atoms with van der Waals surface area (Å²) in [6, 6.07) is 10.2. The Morgan fingerprint density at radius 1 is 1.07 bits per heavy atom. The summed E-state index contributed by atoms with van der Waals surface area (Å²) in [5.74, 6) is 1.21. The maximum atomic E-state index is 13.2. The van der Waals surface area contributed by atoms with E-state index in [2.05, 4.69) is 5.32 Å². The molecule has 1 heterocycles. The molecule has 2 aromatic rings. The smallest absolute Gasteiger partial charge is 0.378 e. The number of hydrogen-bond donors (Lipinski definition) is 1. The van der Waals surface area contributed by atoms with E-state index in [1.54, 1.807) is 18.2 Å². The van der Waals surface area contributed by atoms with Crippen molar-refractivity contribution in [2.24, 2.45) is 17.8 Å². The quantitative estimate of drug-likeness (QED) is 0.514. The molecule has 7 heteroatoms. The number of anilines is 1. The van der Waals surface area contributed by atoms with E-state index < -0.39 is 11.7 Å². The maximum absolute atomic E-state index is 13.2. The van der Waals surface area contributed by atoms with Crippen LogP contribution in [0.15, 0.2) is 42.5 Å². The first-order valence-corrected chi connectivity index (χ1v) is 9.55. The van der Waals surface area contributed by atoms with Crippen LogP contribution in [-0.2, 0) is 6.18 Å². The van der Waals surface area contributed by atoms with Crippen LogP contribution in [0.4, 0.5) is 24.5 Å². The number of hydrogen-bond acceptors (Lipinski definition) is 3. The van der Waals surface area contributed by atoms with Crippen LogP contribution < -0.4 is 5.32 Å². The van der Waals surface area contributed by atoms with E-state index in [9.17, 15) is 23.3 Å². The molecule has 28 heavy (non-hydrogen) atoms. The van der Waals surface area contributed by atoms with E-state index in [4.69, 9.17) is 0 Å². The number of halogens is 3. The van der Waals surface area contributed by atoms with Gasteiger partial charge in [0, 0.05) is 17.8 Å². The van der Waals surface area contributed by atoms with Crippen LogP contribution in [-0.4, -0.2) is 4.92 Å². The first kappa shape index (κ1) is 17.5. The Morgan fingerprint density at radius 2 is 1.86 bits per heavy atom. The zero-order valence-corrected chi connectivity index (χ0v) is 14.9. The topological polar surface area (TPSA) is 55.2 Å². The Morgan fingerprint density at radius 3 is 2.61 bits per heavy atom. The van der Waals surface area contributed by atoms with Crippen LogP contribution in [0.3, 0.4) is 0 Å². The summed E-state index contributed by atoms with van der Waals surface area (Å²) >= 11 is 0. The lowest BCUT2D eigenvalue weighted by Crippen LogP contribution is -2.35. The van der Waals surface area contributed by atoms with Gasteiger partial charge in [0.25, 0.3) is 5.69 Å². The average molecular weight is 388 g/mol. The predicted octanol–water partition coefficient (Wildman–Crippen LogP) is 5.91. The first-order chi connectivity index (χ1) is 13.3. The second-order valence-electron chi connectivity index (χ2n) is 8.21. The molecule has 2 aliphatic carbocycles. The molecule has 0 saturated heterocycles. The fourth-order valence-corrected chi connectivity index (χ4v) is 5.83. The Hall–Kier alpha value is -2.57. The van der Waals surface area contributed by atoms with E-state index >= 15 is 0 Å². The van der Waals surface area contributed by atoms with Crippen LogP contribution in [0.5, 0.6) is 0 Å². The van der Waals surface area contributed by atoms with Gasteiger partial charge in [-0.2, -0.15) is 13.2 Å². The summed E-state index contributed by atoms with van der Waals surface area (Å²) in [7, 11) is 0. The van der Waals surface area contributed by atoms with Gasteiger partial charge >= 0.3 is 6.18 Å². The number of nitrogens with zero attached hydrogens (tertiary/aromatic N) is 1. The molecule has 5 rings (SSSR count). The van der Waals surface area contributed by atoms with Gasteiger partial charge < -0.3 is 5.32 Å². The molecule has 0 aromatic heterocycles. The lowest BCUT2D eigenvalue weighted by molar-refractivity contribution is -0.384. The van der Waals surface area contributed by atoms with E-state index in [1.165, 1.54) is 18.2 Å². The van der Waals surface area contributed by atoms with Crippen molar-refractivity contribution in [3.63, 3.8) is 0 Å². The summed E-state index contributed by atoms with van der Waals surface area (Å²) in [5, 5.41) is 14.7. The summed E-state index contributed by atoms with van der Waals surface area (Å²) in [5.41, 5.74) is 1.83. The second-order valence-corrected chi connectivity index (χ2v) is 8.21. The van der Waals surface area contributed by atoms with Crippen molar-refractivity contribution in [3.05, 3.63) is 69.3 Å². The van der Waals surface area contributed by atoms with Gasteiger partial charge in [-0.1, -0.05) is 12.1 Å². The number of nitrogens with one attached hydrogen (secondary N) is 1. The number of nitro groups is 1. The SMILES string of the molecule is O=[N+]([O-])c1ccc2c(c1)[C@@H]1[C@H]3CC[C@@H](C3)[C@@H]1[C@H](c1cccc(C(F)(F)F)c1)N2. The van der Waals surface area contributed by atoms with Gasteiger partial charge in [0.2, 0.25) is 0 Å². The molecule has 0 radical (unpaired) electrons. The summed E-state index contributed by atoms with van der Waals surface area (Å²) in [6.45, 7) is 0. The Bertz CT molecular complexity index is 959. The van der Waals surface area contributed by atoms with Gasteiger partial charge in [-0.05, 0) is 72.3 Å². The minimum absolute atomic E-state index is 0.0691. The number of rotatable bonds is 2. The van der Waals surface area contributed by atoms with Crippen LogP contribution in [0.1, 0.15) is 47.9 Å². The van der Waals surface area contributed by atoms with Crippen LogP contribution in [0.25, 0.3) is 0 Å². The lowest BCUT2D eigenvalue weighted by Gasteiger charge is -2.43. The minimum atomic E-state index is -4.38. The lowest BCUT2D eigenvalue weighted by atomic mass is 9.68. The van der Waals surface area contributed by atoms with E-state index in [-0.39, 0.29) is 28.5 Å². The van der Waals surface area contributed by atoms with Crippen LogP contribution in [0, 0.1) is 27.9 Å². The molecule has 0 spiro atoms. The van der Waals surface area contributed by atoms with E-state index in [1.807, 2.05) is 0 Å². The van der Waals surface area contributed by atoms with Gasteiger partial charge in [-0.3, -0.25) is 10.1 Å². The monoisotopic (exact) mass is 388 g/mol. The van der Waals surface area contributed by atoms with Crippen molar-refractivity contribution in [2.45, 2.75) is 37.4 Å². The molecule has 1 N–H and O–H groups in total. The zero-order chi connectivity index (χ0) is 19.6. The van der Waals surface area contributed by atoms with Crippen molar-refractivity contribution in [2.75, 3.05) is 5.32 Å². The van der Waals surface area contributed by atoms with Crippen molar-refractivity contribution < 1.29 is 18.1 Å². The molecule has 146 valence electrons. The normalized spacial score (nSPS) is 30.5. The number of fused-ring (bicyclic) bond motifs is 7. The van der Waals surface area contributed by atoms with Crippen molar-refractivity contribution in [1.82, 2.24) is 0 Å². The summed E-state index contributed by atoms with van der Waals surface area (Å²) in [4.78, 5) is 10.8. The minimum Gasteiger partial charge on any atom is -0.378 e. The predicted molar refractivity (Wildman–Crippen MR) is 98.0 cm³/mol. The molecule has 0 unspecified atom stereocenters. The first-order valence-electron chi connectivity index (χ1n) is 9.55. The molecule has 1 aliphatic heterocycles. The van der Waals surface area contributed by atoms with Gasteiger partial charge in [0.15, 0.2) is 0 Å². The number of nitro benzene ring substituents is 1. The highest BCUT2D eigenvalue weighted by Gasteiger charge is 2.54. The van der Waals surface area contributed by atoms with Crippen molar-refractivity contribution in [3.8, 4) is 0 Å². The van der Waals surface area contributed by atoms with Crippen molar-refractivity contribution in [1.29, 1.82) is 0 Å². The van der Waals surface area contributed by atoms with Crippen LogP contribution >= 0.6 is 0 Å². The highest BCUT2D eigenvalue weighted by atomic mass is 19.4. The summed E-state index contributed by atoms with van der Waals surface area (Å²) in [6.07, 6.45) is -1.16. The molecular formula is C21H19F3N2O2. The fraction of sp³-hybridized carbons (Fsp3) is 0.429. The van der Waals surface area contributed by atoms with Gasteiger partial charge in [0.05, 0.1) is 16.5 Å². The number of benzene rings is 2. The molecule has 2 saturated carbocycles. The molecule has 2 fully saturated rings. The standard InChI is InChI=1S/C21H19F3N2O2/c22-21(23,24)14-3-1-2-13(9-14)20-19-12-5-4-11(8-12)18(19)16-10-15(26(27)28)6-7-17(16)25-20/h1-3,6-7,9-12,18-20,25H,4-5,8H2/t11-,12-,18-,19-,20-/m0/s1.